The SMILES string of the molecule is COc1cc(C(=O)N2CCC(CCN3CCOCC3)CC2)ccc1OCC(=O)NC(C)C. The smallest absolute Gasteiger partial charge is 0.258 e. The first-order chi connectivity index (χ1) is 15.5. The van der Waals surface area contributed by atoms with E-state index in [9.17, 15) is 9.59 Å². The molecule has 2 heterocycles. The van der Waals surface area contributed by atoms with E-state index in [1.54, 1.807) is 18.2 Å². The quantitative estimate of drug-likeness (QED) is 0.625. The first kappa shape index (κ1) is 24.3. The van der Waals surface area contributed by atoms with Crippen LogP contribution in [0.2, 0.25) is 0 Å². The van der Waals surface area contributed by atoms with Crippen molar-refractivity contribution in [2.45, 2.75) is 39.2 Å². The van der Waals surface area contributed by atoms with E-state index < -0.39 is 0 Å². The molecule has 2 aliphatic rings. The average Bonchev–Trinajstić information content (AvgIpc) is 2.81. The third-order valence-electron chi connectivity index (χ3n) is 6.08. The number of nitrogens with one attached hydrogen (secondary N) is 1. The Labute approximate surface area is 191 Å². The second-order valence-corrected chi connectivity index (χ2v) is 8.85. The molecule has 0 spiro atoms. The van der Waals surface area contributed by atoms with Gasteiger partial charge in [-0.05, 0) is 63.8 Å². The number of nitrogens with zero attached hydrogens (tertiary/aromatic N) is 2. The van der Waals surface area contributed by atoms with E-state index in [-0.39, 0.29) is 24.5 Å². The van der Waals surface area contributed by atoms with E-state index in [1.807, 2.05) is 18.7 Å². The molecule has 0 saturated carbocycles. The predicted octanol–water partition coefficient (Wildman–Crippen LogP) is 2.17. The van der Waals surface area contributed by atoms with Gasteiger partial charge in [0.05, 0.1) is 20.3 Å². The maximum atomic E-state index is 13.0. The van der Waals surface area contributed by atoms with Crippen molar-refractivity contribution >= 4 is 11.8 Å². The number of ether oxygens (including phenoxy) is 3. The Morgan fingerprint density at radius 3 is 2.50 bits per heavy atom. The van der Waals surface area contributed by atoms with Gasteiger partial charge in [0.2, 0.25) is 0 Å². The Hall–Kier alpha value is -2.32. The lowest BCUT2D eigenvalue weighted by molar-refractivity contribution is -0.123. The van der Waals surface area contributed by atoms with Gasteiger partial charge in [0, 0.05) is 37.8 Å². The molecular weight excluding hydrogens is 410 g/mol. The maximum Gasteiger partial charge on any atom is 0.258 e. The number of morpholine rings is 1. The number of benzene rings is 1. The second-order valence-electron chi connectivity index (χ2n) is 8.85. The minimum Gasteiger partial charge on any atom is -0.493 e. The zero-order valence-electron chi connectivity index (χ0n) is 19.6. The Morgan fingerprint density at radius 2 is 1.84 bits per heavy atom. The summed E-state index contributed by atoms with van der Waals surface area (Å²) in [4.78, 5) is 29.2. The van der Waals surface area contributed by atoms with Crippen molar-refractivity contribution in [1.29, 1.82) is 0 Å². The van der Waals surface area contributed by atoms with Gasteiger partial charge in [-0.25, -0.2) is 0 Å². The molecule has 3 rings (SSSR count). The van der Waals surface area contributed by atoms with E-state index in [2.05, 4.69) is 10.2 Å². The Morgan fingerprint density at radius 1 is 1.12 bits per heavy atom. The van der Waals surface area contributed by atoms with Crippen molar-refractivity contribution in [3.05, 3.63) is 23.8 Å². The molecule has 8 nitrogen and oxygen atoms in total. The van der Waals surface area contributed by atoms with E-state index in [4.69, 9.17) is 14.2 Å². The molecule has 2 amide bonds. The van der Waals surface area contributed by atoms with Gasteiger partial charge in [0.1, 0.15) is 0 Å². The number of carbonyl (C=O) groups excluding carboxylic acids is 2. The van der Waals surface area contributed by atoms with E-state index in [1.165, 1.54) is 13.5 Å². The van der Waals surface area contributed by atoms with Crippen molar-refractivity contribution in [3.8, 4) is 11.5 Å². The molecule has 2 saturated heterocycles. The molecule has 178 valence electrons. The highest BCUT2D eigenvalue weighted by Crippen LogP contribution is 2.29. The molecule has 0 unspecified atom stereocenters. The van der Waals surface area contributed by atoms with Crippen LogP contribution < -0.4 is 14.8 Å². The lowest BCUT2D eigenvalue weighted by atomic mass is 9.93. The summed E-state index contributed by atoms with van der Waals surface area (Å²) in [5, 5.41) is 2.78. The van der Waals surface area contributed by atoms with Gasteiger partial charge >= 0.3 is 0 Å². The fourth-order valence-corrected chi connectivity index (χ4v) is 4.22. The standard InChI is InChI=1S/C24H37N3O5/c1-18(2)25-23(28)17-32-21-5-4-20(16-22(21)30-3)24(29)27-10-7-19(8-11-27)6-9-26-12-14-31-15-13-26/h4-5,16,18-19H,6-15,17H2,1-3H3,(H,25,28). The van der Waals surface area contributed by atoms with Gasteiger partial charge in [0.15, 0.2) is 18.1 Å². The highest BCUT2D eigenvalue weighted by molar-refractivity contribution is 5.95. The molecule has 1 aromatic rings. The van der Waals surface area contributed by atoms with Crippen LogP contribution in [0.15, 0.2) is 18.2 Å². The van der Waals surface area contributed by atoms with Gasteiger partial charge in [-0.2, -0.15) is 0 Å². The molecule has 2 aliphatic heterocycles. The number of carbonyl (C=O) groups is 2. The molecule has 0 aromatic heterocycles. The number of likely N-dealkylation sites (tertiary alicyclic amines) is 1. The lowest BCUT2D eigenvalue weighted by Crippen LogP contribution is -2.40. The normalized spacial score (nSPS) is 17.9. The fraction of sp³-hybridized carbons (Fsp3) is 0.667. The van der Waals surface area contributed by atoms with Crippen LogP contribution in [0.5, 0.6) is 11.5 Å². The molecule has 32 heavy (non-hydrogen) atoms. The summed E-state index contributed by atoms with van der Waals surface area (Å²) < 4.78 is 16.4. The third kappa shape index (κ3) is 7.10. The van der Waals surface area contributed by atoms with E-state index >= 15 is 0 Å². The van der Waals surface area contributed by atoms with Crippen molar-refractivity contribution in [1.82, 2.24) is 15.1 Å². The number of hydrogen-bond donors (Lipinski definition) is 1. The first-order valence-corrected chi connectivity index (χ1v) is 11.7. The zero-order chi connectivity index (χ0) is 22.9. The monoisotopic (exact) mass is 447 g/mol. The van der Waals surface area contributed by atoms with Gasteiger partial charge in [-0.1, -0.05) is 0 Å². The van der Waals surface area contributed by atoms with Crippen molar-refractivity contribution in [2.24, 2.45) is 5.92 Å². The molecule has 0 aliphatic carbocycles. The first-order valence-electron chi connectivity index (χ1n) is 11.7. The number of piperidine rings is 1. The Kier molecular flexibility index (Phi) is 9.17. The second kappa shape index (κ2) is 12.1. The minimum absolute atomic E-state index is 0.0130. The topological polar surface area (TPSA) is 80.3 Å². The summed E-state index contributed by atoms with van der Waals surface area (Å²) >= 11 is 0. The van der Waals surface area contributed by atoms with Crippen LogP contribution in [0.25, 0.3) is 0 Å². The fourth-order valence-electron chi connectivity index (χ4n) is 4.22. The van der Waals surface area contributed by atoms with Gasteiger partial charge in [0.25, 0.3) is 11.8 Å². The number of rotatable bonds is 9. The van der Waals surface area contributed by atoms with Crippen LogP contribution in [0, 0.1) is 5.92 Å². The van der Waals surface area contributed by atoms with Crippen LogP contribution in [-0.4, -0.2) is 87.3 Å². The highest BCUT2D eigenvalue weighted by Gasteiger charge is 2.25. The molecule has 0 bridgehead atoms. The van der Waals surface area contributed by atoms with E-state index in [0.29, 0.717) is 23.0 Å². The van der Waals surface area contributed by atoms with Crippen LogP contribution >= 0.6 is 0 Å². The molecular formula is C24H37N3O5. The summed E-state index contributed by atoms with van der Waals surface area (Å²) in [5.74, 6) is 1.39. The van der Waals surface area contributed by atoms with Crippen LogP contribution in [0.3, 0.4) is 0 Å². The Balaban J connectivity index is 1.48. The van der Waals surface area contributed by atoms with Crippen LogP contribution in [-0.2, 0) is 9.53 Å². The Bertz CT molecular complexity index is 756. The summed E-state index contributed by atoms with van der Waals surface area (Å²) in [6.07, 6.45) is 3.27. The van der Waals surface area contributed by atoms with Gasteiger partial charge < -0.3 is 24.4 Å². The zero-order valence-corrected chi connectivity index (χ0v) is 19.6. The van der Waals surface area contributed by atoms with Gasteiger partial charge in [-0.15, -0.1) is 0 Å². The maximum absolute atomic E-state index is 13.0. The van der Waals surface area contributed by atoms with Crippen LogP contribution in [0.4, 0.5) is 0 Å². The van der Waals surface area contributed by atoms with Crippen molar-refractivity contribution in [3.63, 3.8) is 0 Å². The minimum atomic E-state index is -0.196. The lowest BCUT2D eigenvalue weighted by Gasteiger charge is -2.34. The third-order valence-corrected chi connectivity index (χ3v) is 6.08. The van der Waals surface area contributed by atoms with Crippen LogP contribution in [0.1, 0.15) is 43.5 Å². The van der Waals surface area contributed by atoms with E-state index in [0.717, 1.165) is 58.8 Å². The summed E-state index contributed by atoms with van der Waals surface area (Å²) in [5.41, 5.74) is 0.576. The molecule has 8 heteroatoms. The van der Waals surface area contributed by atoms with Gasteiger partial charge in [-0.3, -0.25) is 14.5 Å². The number of methoxy groups -OCH3 is 1. The summed E-state index contributed by atoms with van der Waals surface area (Å²) in [6, 6.07) is 5.19. The molecule has 0 radical (unpaired) electrons. The number of amides is 2. The molecule has 1 N–H and O–H groups in total. The summed E-state index contributed by atoms with van der Waals surface area (Å²) in [6.45, 7) is 10.1. The molecule has 2 fully saturated rings. The highest BCUT2D eigenvalue weighted by atomic mass is 16.5. The average molecular weight is 448 g/mol. The number of hydrogen-bond acceptors (Lipinski definition) is 6. The van der Waals surface area contributed by atoms with Crippen molar-refractivity contribution < 1.29 is 23.8 Å². The largest absolute Gasteiger partial charge is 0.493 e. The molecule has 0 atom stereocenters. The molecule has 1 aromatic carbocycles. The van der Waals surface area contributed by atoms with Crippen molar-refractivity contribution in [2.75, 3.05) is 59.7 Å². The predicted molar refractivity (Wildman–Crippen MR) is 122 cm³/mol. The summed E-state index contributed by atoms with van der Waals surface area (Å²) in [7, 11) is 1.53.